The summed E-state index contributed by atoms with van der Waals surface area (Å²) in [5.74, 6) is 0.963. The van der Waals surface area contributed by atoms with Crippen LogP contribution >= 0.6 is 0 Å². The summed E-state index contributed by atoms with van der Waals surface area (Å²) in [6.45, 7) is 1.87. The van der Waals surface area contributed by atoms with E-state index >= 15 is 0 Å². The second-order valence-corrected chi connectivity index (χ2v) is 6.42. The lowest BCUT2D eigenvalue weighted by molar-refractivity contribution is -0.130. The number of carbonyl (C=O) groups is 2. The number of amides is 2. The van der Waals surface area contributed by atoms with E-state index in [1.54, 1.807) is 40.3 Å². The Labute approximate surface area is 170 Å². The summed E-state index contributed by atoms with van der Waals surface area (Å²) >= 11 is 0. The average Bonchev–Trinajstić information content (AvgIpc) is 2.74. The van der Waals surface area contributed by atoms with Gasteiger partial charge in [0.05, 0.1) is 19.4 Å². The SMILES string of the molecule is COc1ccc(NCC(=O)N/N=C(/C)c2ccc(OCC(=O)N(C)C)cc2)cc1. The number of carbonyl (C=O) groups excluding carboxylic acids is 2. The second-order valence-electron chi connectivity index (χ2n) is 6.42. The zero-order valence-electron chi connectivity index (χ0n) is 17.1. The van der Waals surface area contributed by atoms with Crippen LogP contribution in [-0.4, -0.2) is 56.8 Å². The maximum atomic E-state index is 12.0. The highest BCUT2D eigenvalue weighted by Gasteiger charge is 2.06. The van der Waals surface area contributed by atoms with Gasteiger partial charge in [0, 0.05) is 19.8 Å². The molecule has 0 saturated heterocycles. The molecule has 0 unspecified atom stereocenters. The molecule has 0 spiro atoms. The highest BCUT2D eigenvalue weighted by Crippen LogP contribution is 2.15. The van der Waals surface area contributed by atoms with Gasteiger partial charge in [0.25, 0.3) is 11.8 Å². The molecule has 2 rings (SSSR count). The number of hydrogen-bond donors (Lipinski definition) is 2. The number of hydrazone groups is 1. The van der Waals surface area contributed by atoms with E-state index in [-0.39, 0.29) is 25.0 Å². The normalized spacial score (nSPS) is 10.8. The molecule has 0 bridgehead atoms. The summed E-state index contributed by atoms with van der Waals surface area (Å²) in [5.41, 5.74) is 4.82. The molecule has 0 aliphatic rings. The van der Waals surface area contributed by atoms with E-state index in [9.17, 15) is 9.59 Å². The van der Waals surface area contributed by atoms with Crippen molar-refractivity contribution >= 4 is 23.2 Å². The Bertz CT molecular complexity index is 846. The van der Waals surface area contributed by atoms with Gasteiger partial charge in [-0.05, 0) is 61.0 Å². The summed E-state index contributed by atoms with van der Waals surface area (Å²) in [6.07, 6.45) is 0. The Kier molecular flexibility index (Phi) is 8.02. The summed E-state index contributed by atoms with van der Waals surface area (Å²) in [4.78, 5) is 25.0. The Hall–Kier alpha value is -3.55. The van der Waals surface area contributed by atoms with Gasteiger partial charge >= 0.3 is 0 Å². The van der Waals surface area contributed by atoms with E-state index in [0.29, 0.717) is 11.5 Å². The van der Waals surface area contributed by atoms with Crippen LogP contribution in [0.15, 0.2) is 53.6 Å². The lowest BCUT2D eigenvalue weighted by Crippen LogP contribution is -2.27. The Balaban J connectivity index is 1.81. The minimum absolute atomic E-state index is 0.0172. The molecule has 0 aromatic heterocycles. The second kappa shape index (κ2) is 10.7. The highest BCUT2D eigenvalue weighted by atomic mass is 16.5. The van der Waals surface area contributed by atoms with Gasteiger partial charge in [0.1, 0.15) is 11.5 Å². The molecule has 154 valence electrons. The van der Waals surface area contributed by atoms with Crippen molar-refractivity contribution in [2.75, 3.05) is 39.7 Å². The number of benzene rings is 2. The molecule has 0 fully saturated rings. The van der Waals surface area contributed by atoms with Crippen LogP contribution < -0.4 is 20.2 Å². The smallest absolute Gasteiger partial charge is 0.259 e. The van der Waals surface area contributed by atoms with Gasteiger partial charge in [-0.1, -0.05) is 0 Å². The predicted molar refractivity (Wildman–Crippen MR) is 112 cm³/mol. The van der Waals surface area contributed by atoms with Crippen LogP contribution in [0.1, 0.15) is 12.5 Å². The third kappa shape index (κ3) is 7.17. The van der Waals surface area contributed by atoms with Crippen molar-refractivity contribution in [2.45, 2.75) is 6.92 Å². The first-order valence-electron chi connectivity index (χ1n) is 9.03. The molecule has 2 aromatic rings. The van der Waals surface area contributed by atoms with Crippen molar-refractivity contribution in [3.63, 3.8) is 0 Å². The van der Waals surface area contributed by atoms with Gasteiger partial charge in [0.15, 0.2) is 6.61 Å². The quantitative estimate of drug-likeness (QED) is 0.499. The predicted octanol–water partition coefficient (Wildman–Crippen LogP) is 2.11. The van der Waals surface area contributed by atoms with Gasteiger partial charge in [-0.2, -0.15) is 5.10 Å². The molecule has 0 saturated carbocycles. The van der Waals surface area contributed by atoms with Crippen molar-refractivity contribution < 1.29 is 19.1 Å². The van der Waals surface area contributed by atoms with E-state index in [1.807, 2.05) is 36.4 Å². The molecule has 0 aliphatic carbocycles. The maximum Gasteiger partial charge on any atom is 0.259 e. The van der Waals surface area contributed by atoms with Crippen LogP contribution in [0.4, 0.5) is 5.69 Å². The van der Waals surface area contributed by atoms with Crippen molar-refractivity contribution in [3.05, 3.63) is 54.1 Å². The molecule has 2 N–H and O–H groups in total. The van der Waals surface area contributed by atoms with Crippen molar-refractivity contribution in [3.8, 4) is 11.5 Å². The van der Waals surface area contributed by atoms with Crippen LogP contribution in [0.5, 0.6) is 11.5 Å². The monoisotopic (exact) mass is 398 g/mol. The first-order valence-corrected chi connectivity index (χ1v) is 9.03. The molecule has 8 heteroatoms. The highest BCUT2D eigenvalue weighted by molar-refractivity contribution is 5.99. The average molecular weight is 398 g/mol. The molecule has 2 aromatic carbocycles. The molecular weight excluding hydrogens is 372 g/mol. The van der Waals surface area contributed by atoms with Gasteiger partial charge < -0.3 is 19.7 Å². The van der Waals surface area contributed by atoms with Crippen LogP contribution in [0.3, 0.4) is 0 Å². The van der Waals surface area contributed by atoms with Crippen molar-refractivity contribution in [1.82, 2.24) is 10.3 Å². The molecule has 29 heavy (non-hydrogen) atoms. The zero-order chi connectivity index (χ0) is 21.2. The Morgan fingerprint density at radius 2 is 1.62 bits per heavy atom. The zero-order valence-corrected chi connectivity index (χ0v) is 17.1. The van der Waals surface area contributed by atoms with Crippen LogP contribution in [-0.2, 0) is 9.59 Å². The molecule has 0 atom stereocenters. The van der Waals surface area contributed by atoms with E-state index < -0.39 is 0 Å². The first kappa shape index (κ1) is 21.7. The molecule has 2 amide bonds. The summed E-state index contributed by atoms with van der Waals surface area (Å²) < 4.78 is 10.5. The minimum Gasteiger partial charge on any atom is -0.497 e. The third-order valence-electron chi connectivity index (χ3n) is 4.02. The lowest BCUT2D eigenvalue weighted by atomic mass is 10.1. The number of ether oxygens (including phenoxy) is 2. The summed E-state index contributed by atoms with van der Waals surface area (Å²) in [5, 5.41) is 7.13. The van der Waals surface area contributed by atoms with Crippen LogP contribution in [0, 0.1) is 0 Å². The fraction of sp³-hybridized carbons (Fsp3) is 0.286. The Morgan fingerprint density at radius 1 is 1.00 bits per heavy atom. The number of nitrogens with one attached hydrogen (secondary N) is 2. The van der Waals surface area contributed by atoms with Gasteiger partial charge in [-0.3, -0.25) is 9.59 Å². The number of likely N-dealkylation sites (N-methyl/N-ethyl adjacent to an activating group) is 1. The number of hydrogen-bond acceptors (Lipinski definition) is 6. The molecular formula is C21H26N4O4. The van der Waals surface area contributed by atoms with E-state index in [1.165, 1.54) is 4.90 Å². The first-order chi connectivity index (χ1) is 13.9. The Morgan fingerprint density at radius 3 is 2.21 bits per heavy atom. The minimum atomic E-state index is -0.262. The van der Waals surface area contributed by atoms with E-state index in [0.717, 1.165) is 17.0 Å². The van der Waals surface area contributed by atoms with Gasteiger partial charge in [-0.15, -0.1) is 0 Å². The maximum absolute atomic E-state index is 12.0. The summed E-state index contributed by atoms with van der Waals surface area (Å²) in [7, 11) is 4.95. The van der Waals surface area contributed by atoms with E-state index in [2.05, 4.69) is 15.8 Å². The lowest BCUT2D eigenvalue weighted by Gasteiger charge is -2.11. The van der Waals surface area contributed by atoms with Crippen molar-refractivity contribution in [1.29, 1.82) is 0 Å². The molecule has 0 heterocycles. The van der Waals surface area contributed by atoms with Crippen LogP contribution in [0.25, 0.3) is 0 Å². The number of rotatable bonds is 9. The topological polar surface area (TPSA) is 92.3 Å². The standard InChI is InChI=1S/C21H26N4O4/c1-15(16-5-9-19(10-6-16)29-14-21(27)25(2)3)23-24-20(26)13-22-17-7-11-18(28-4)12-8-17/h5-12,22H,13-14H2,1-4H3,(H,24,26)/b23-15-. The molecule has 0 radical (unpaired) electrons. The van der Waals surface area contributed by atoms with Gasteiger partial charge in [0.2, 0.25) is 0 Å². The fourth-order valence-corrected chi connectivity index (χ4v) is 2.21. The van der Waals surface area contributed by atoms with Crippen molar-refractivity contribution in [2.24, 2.45) is 5.10 Å². The van der Waals surface area contributed by atoms with E-state index in [4.69, 9.17) is 9.47 Å². The largest absolute Gasteiger partial charge is 0.497 e. The van der Waals surface area contributed by atoms with Gasteiger partial charge in [-0.25, -0.2) is 5.43 Å². The number of nitrogens with zero attached hydrogens (tertiary/aromatic N) is 2. The third-order valence-corrected chi connectivity index (χ3v) is 4.02. The number of methoxy groups -OCH3 is 1. The van der Waals surface area contributed by atoms with Crippen LogP contribution in [0.2, 0.25) is 0 Å². The molecule has 8 nitrogen and oxygen atoms in total. The molecule has 0 aliphatic heterocycles. The summed E-state index contributed by atoms with van der Waals surface area (Å²) in [6, 6.07) is 14.4. The fourth-order valence-electron chi connectivity index (χ4n) is 2.21. The number of anilines is 1.